The molecular weight excluding hydrogens is 216 g/mol. The molecule has 2 aromatic rings. The number of benzene rings is 1. The molecule has 1 aromatic heterocycles. The molecule has 0 amide bonds. The van der Waals surface area contributed by atoms with Crippen LogP contribution in [0.2, 0.25) is 4.47 Å². The third-order valence-corrected chi connectivity index (χ3v) is 2.82. The van der Waals surface area contributed by atoms with Gasteiger partial charge in [0.25, 0.3) is 0 Å². The lowest BCUT2D eigenvalue weighted by Gasteiger charge is -1.97. The smallest absolute Gasteiger partial charge is 0.203 e. The fourth-order valence-electron chi connectivity index (χ4n) is 1.21. The predicted octanol–water partition coefficient (Wildman–Crippen LogP) is 3.42. The van der Waals surface area contributed by atoms with E-state index >= 15 is 0 Å². The van der Waals surface area contributed by atoms with Crippen LogP contribution in [0.15, 0.2) is 24.3 Å². The highest BCUT2D eigenvalue weighted by Crippen LogP contribution is 2.21. The summed E-state index contributed by atoms with van der Waals surface area (Å²) in [5, 5.41) is 0. The molecule has 1 heterocycles. The minimum Gasteiger partial charge on any atom is -0.203 e. The molecule has 0 aliphatic carbocycles. The highest BCUT2D eigenvalue weighted by atomic mass is 35.5. The van der Waals surface area contributed by atoms with Gasteiger partial charge in [-0.25, -0.2) is 4.98 Å². The van der Waals surface area contributed by atoms with Crippen molar-refractivity contribution in [2.45, 2.75) is 13.3 Å². The van der Waals surface area contributed by atoms with Gasteiger partial charge in [-0.1, -0.05) is 31.2 Å². The third-order valence-electron chi connectivity index (χ3n) is 2.02. The zero-order chi connectivity index (χ0) is 9.97. The van der Waals surface area contributed by atoms with E-state index in [1.54, 1.807) is 0 Å². The first-order valence-corrected chi connectivity index (χ1v) is 5.53. The van der Waals surface area contributed by atoms with E-state index in [9.17, 15) is 0 Å². The van der Waals surface area contributed by atoms with Crippen LogP contribution in [0.25, 0.3) is 11.4 Å². The Morgan fingerprint density at radius 2 is 2.00 bits per heavy atom. The maximum absolute atomic E-state index is 5.71. The zero-order valence-electron chi connectivity index (χ0n) is 7.70. The monoisotopic (exact) mass is 224 g/mol. The standard InChI is InChI=1S/C10H9ClN2S/c1-2-7-3-5-8(6-4-7)9-12-10(11)14-13-9/h3-6H,2H2,1H3. The summed E-state index contributed by atoms with van der Waals surface area (Å²) in [5.74, 6) is 0.711. The summed E-state index contributed by atoms with van der Waals surface area (Å²) in [7, 11) is 0. The first-order valence-electron chi connectivity index (χ1n) is 4.38. The Balaban J connectivity index is 2.33. The van der Waals surface area contributed by atoms with Gasteiger partial charge in [0, 0.05) is 5.56 Å². The van der Waals surface area contributed by atoms with Gasteiger partial charge in [0.2, 0.25) is 4.47 Å². The number of hydrogen-bond acceptors (Lipinski definition) is 3. The van der Waals surface area contributed by atoms with Gasteiger partial charge in [-0.3, -0.25) is 0 Å². The summed E-state index contributed by atoms with van der Waals surface area (Å²) in [5.41, 5.74) is 2.33. The molecule has 0 radical (unpaired) electrons. The molecule has 0 fully saturated rings. The molecule has 1 aromatic carbocycles. The quantitative estimate of drug-likeness (QED) is 0.781. The Bertz CT molecular complexity index is 422. The van der Waals surface area contributed by atoms with Crippen molar-refractivity contribution in [1.82, 2.24) is 9.36 Å². The number of aryl methyl sites for hydroxylation is 1. The van der Waals surface area contributed by atoms with E-state index in [1.165, 1.54) is 17.1 Å². The van der Waals surface area contributed by atoms with E-state index in [0.29, 0.717) is 10.3 Å². The van der Waals surface area contributed by atoms with Gasteiger partial charge in [-0.05, 0) is 35.1 Å². The fourth-order valence-corrected chi connectivity index (χ4v) is 1.83. The van der Waals surface area contributed by atoms with E-state index in [4.69, 9.17) is 11.6 Å². The Kier molecular flexibility index (Phi) is 2.79. The number of halogens is 1. The number of nitrogens with zero attached hydrogens (tertiary/aromatic N) is 2. The van der Waals surface area contributed by atoms with Gasteiger partial charge >= 0.3 is 0 Å². The Morgan fingerprint density at radius 3 is 2.50 bits per heavy atom. The van der Waals surface area contributed by atoms with Crippen LogP contribution in [0.3, 0.4) is 0 Å². The van der Waals surface area contributed by atoms with Crippen molar-refractivity contribution in [3.8, 4) is 11.4 Å². The molecule has 0 bridgehead atoms. The van der Waals surface area contributed by atoms with Gasteiger partial charge in [0.15, 0.2) is 5.82 Å². The highest BCUT2D eigenvalue weighted by molar-refractivity contribution is 7.10. The molecule has 2 nitrogen and oxygen atoms in total. The summed E-state index contributed by atoms with van der Waals surface area (Å²) in [6, 6.07) is 8.23. The van der Waals surface area contributed by atoms with Crippen LogP contribution in [0.5, 0.6) is 0 Å². The highest BCUT2D eigenvalue weighted by Gasteiger charge is 2.03. The summed E-state index contributed by atoms with van der Waals surface area (Å²) in [6.07, 6.45) is 1.05. The number of rotatable bonds is 2. The van der Waals surface area contributed by atoms with E-state index in [0.717, 1.165) is 12.0 Å². The summed E-state index contributed by atoms with van der Waals surface area (Å²) in [6.45, 7) is 2.13. The molecular formula is C10H9ClN2S. The van der Waals surface area contributed by atoms with E-state index < -0.39 is 0 Å². The molecule has 4 heteroatoms. The Morgan fingerprint density at radius 1 is 1.29 bits per heavy atom. The van der Waals surface area contributed by atoms with Crippen molar-refractivity contribution in [3.05, 3.63) is 34.3 Å². The lowest BCUT2D eigenvalue weighted by Crippen LogP contribution is -1.82. The van der Waals surface area contributed by atoms with Gasteiger partial charge in [0.1, 0.15) is 0 Å². The Hall–Kier alpha value is -0.930. The molecule has 0 aliphatic rings. The molecule has 0 aliphatic heterocycles. The van der Waals surface area contributed by atoms with Gasteiger partial charge in [0.05, 0.1) is 0 Å². The Labute approximate surface area is 91.7 Å². The molecule has 0 N–H and O–H groups in total. The van der Waals surface area contributed by atoms with Crippen molar-refractivity contribution in [2.24, 2.45) is 0 Å². The number of hydrogen-bond donors (Lipinski definition) is 0. The molecule has 2 rings (SSSR count). The van der Waals surface area contributed by atoms with Gasteiger partial charge in [-0.15, -0.1) is 0 Å². The third kappa shape index (κ3) is 1.94. The summed E-state index contributed by atoms with van der Waals surface area (Å²) in [4.78, 5) is 4.11. The molecule has 0 unspecified atom stereocenters. The van der Waals surface area contributed by atoms with Crippen LogP contribution in [0, 0.1) is 0 Å². The SMILES string of the molecule is CCc1ccc(-c2nsc(Cl)n2)cc1. The predicted molar refractivity (Wildman–Crippen MR) is 59.7 cm³/mol. The topological polar surface area (TPSA) is 25.8 Å². The average Bonchev–Trinajstić information content (AvgIpc) is 2.65. The molecule has 14 heavy (non-hydrogen) atoms. The minimum absolute atomic E-state index is 0.486. The molecule has 0 spiro atoms. The van der Waals surface area contributed by atoms with Crippen LogP contribution in [0.1, 0.15) is 12.5 Å². The van der Waals surface area contributed by atoms with Crippen LogP contribution in [-0.4, -0.2) is 9.36 Å². The second kappa shape index (κ2) is 4.07. The summed E-state index contributed by atoms with van der Waals surface area (Å²) >= 11 is 6.93. The first-order chi connectivity index (χ1) is 6.79. The normalized spacial score (nSPS) is 10.4. The second-order valence-electron chi connectivity index (χ2n) is 2.92. The maximum atomic E-state index is 5.71. The van der Waals surface area contributed by atoms with Crippen molar-refractivity contribution >= 4 is 23.1 Å². The average molecular weight is 225 g/mol. The van der Waals surface area contributed by atoms with Crippen LogP contribution in [0.4, 0.5) is 0 Å². The fraction of sp³-hybridized carbons (Fsp3) is 0.200. The van der Waals surface area contributed by atoms with Crippen molar-refractivity contribution in [3.63, 3.8) is 0 Å². The first kappa shape index (κ1) is 9.62. The van der Waals surface area contributed by atoms with Crippen LogP contribution >= 0.6 is 23.1 Å². The van der Waals surface area contributed by atoms with Crippen molar-refractivity contribution in [1.29, 1.82) is 0 Å². The second-order valence-corrected chi connectivity index (χ2v) is 4.26. The largest absolute Gasteiger partial charge is 0.203 e. The van der Waals surface area contributed by atoms with Crippen molar-refractivity contribution in [2.75, 3.05) is 0 Å². The van der Waals surface area contributed by atoms with E-state index in [1.807, 2.05) is 12.1 Å². The minimum atomic E-state index is 0.486. The van der Waals surface area contributed by atoms with E-state index in [2.05, 4.69) is 28.4 Å². The van der Waals surface area contributed by atoms with Gasteiger partial charge < -0.3 is 0 Å². The summed E-state index contributed by atoms with van der Waals surface area (Å²) < 4.78 is 4.63. The molecule has 0 atom stereocenters. The lowest BCUT2D eigenvalue weighted by molar-refractivity contribution is 1.14. The molecule has 0 saturated heterocycles. The molecule has 0 saturated carbocycles. The van der Waals surface area contributed by atoms with Gasteiger partial charge in [-0.2, -0.15) is 4.37 Å². The van der Waals surface area contributed by atoms with E-state index in [-0.39, 0.29) is 0 Å². The number of aromatic nitrogens is 2. The molecule has 72 valence electrons. The zero-order valence-corrected chi connectivity index (χ0v) is 9.27. The van der Waals surface area contributed by atoms with Crippen LogP contribution in [-0.2, 0) is 6.42 Å². The maximum Gasteiger partial charge on any atom is 0.203 e. The van der Waals surface area contributed by atoms with Crippen molar-refractivity contribution < 1.29 is 0 Å². The lowest BCUT2D eigenvalue weighted by atomic mass is 10.1. The van der Waals surface area contributed by atoms with Crippen LogP contribution < -0.4 is 0 Å².